The maximum atomic E-state index is 11.8. The van der Waals surface area contributed by atoms with Gasteiger partial charge in [0.15, 0.2) is 0 Å². The first-order chi connectivity index (χ1) is 9.54. The van der Waals surface area contributed by atoms with Crippen molar-refractivity contribution in [1.82, 2.24) is 9.78 Å². The minimum Gasteiger partial charge on any atom is -0.478 e. The predicted molar refractivity (Wildman–Crippen MR) is 75.4 cm³/mol. The molecule has 2 aromatic rings. The van der Waals surface area contributed by atoms with Crippen molar-refractivity contribution >= 4 is 12.0 Å². The highest BCUT2D eigenvalue weighted by atomic mass is 16.4. The van der Waals surface area contributed by atoms with Gasteiger partial charge in [0, 0.05) is 12.1 Å². The van der Waals surface area contributed by atoms with Gasteiger partial charge in [-0.1, -0.05) is 18.2 Å². The lowest BCUT2D eigenvalue weighted by molar-refractivity contribution is -0.131. The zero-order valence-corrected chi connectivity index (χ0v) is 11.0. The summed E-state index contributed by atoms with van der Waals surface area (Å²) in [6, 6.07) is 8.84. The molecule has 0 spiro atoms. The molecule has 0 unspecified atom stereocenters. The highest BCUT2D eigenvalue weighted by molar-refractivity contribution is 5.85. The lowest BCUT2D eigenvalue weighted by Gasteiger charge is -2.05. The van der Waals surface area contributed by atoms with Gasteiger partial charge in [-0.15, -0.1) is 0 Å². The van der Waals surface area contributed by atoms with Crippen LogP contribution in [0, 0.1) is 6.92 Å². The van der Waals surface area contributed by atoms with Crippen LogP contribution in [0.1, 0.15) is 16.7 Å². The lowest BCUT2D eigenvalue weighted by Crippen LogP contribution is -2.22. The molecule has 1 aromatic heterocycles. The molecule has 0 aliphatic heterocycles. The molecule has 5 heteroatoms. The molecule has 0 bridgehead atoms. The van der Waals surface area contributed by atoms with E-state index >= 15 is 0 Å². The standard InChI is InChI=1S/C15H14N2O3/c1-11-7-14(18)17(16-9-11)10-13-4-2-3-12(8-13)5-6-15(19)20/h2-9H,10H2,1H3,(H,19,20)/b6-5+. The summed E-state index contributed by atoms with van der Waals surface area (Å²) < 4.78 is 1.37. The molecule has 0 aliphatic rings. The SMILES string of the molecule is Cc1cnn(Cc2cccc(/C=C/C(=O)O)c2)c(=O)c1. The molecule has 1 N–H and O–H groups in total. The molecule has 20 heavy (non-hydrogen) atoms. The van der Waals surface area contributed by atoms with Crippen molar-refractivity contribution in [3.8, 4) is 0 Å². The zero-order valence-electron chi connectivity index (χ0n) is 11.0. The van der Waals surface area contributed by atoms with Crippen LogP contribution in [0.5, 0.6) is 0 Å². The monoisotopic (exact) mass is 270 g/mol. The Morgan fingerprint density at radius 1 is 1.40 bits per heavy atom. The molecule has 0 saturated carbocycles. The number of hydrogen-bond donors (Lipinski definition) is 1. The quantitative estimate of drug-likeness (QED) is 0.858. The highest BCUT2D eigenvalue weighted by Gasteiger charge is 2.00. The number of carbonyl (C=O) groups is 1. The Bertz CT molecular complexity index is 717. The van der Waals surface area contributed by atoms with E-state index in [0.717, 1.165) is 22.8 Å². The van der Waals surface area contributed by atoms with Crippen molar-refractivity contribution in [3.05, 3.63) is 69.6 Å². The highest BCUT2D eigenvalue weighted by Crippen LogP contribution is 2.08. The third kappa shape index (κ3) is 3.65. The van der Waals surface area contributed by atoms with Crippen LogP contribution < -0.4 is 5.56 Å². The predicted octanol–water partition coefficient (Wildman–Crippen LogP) is 1.70. The van der Waals surface area contributed by atoms with E-state index in [-0.39, 0.29) is 5.56 Å². The van der Waals surface area contributed by atoms with Gasteiger partial charge >= 0.3 is 5.97 Å². The van der Waals surface area contributed by atoms with Gasteiger partial charge in [-0.2, -0.15) is 5.10 Å². The molecule has 102 valence electrons. The molecule has 5 nitrogen and oxygen atoms in total. The lowest BCUT2D eigenvalue weighted by atomic mass is 10.1. The largest absolute Gasteiger partial charge is 0.478 e. The summed E-state index contributed by atoms with van der Waals surface area (Å²) in [6.07, 6.45) is 4.22. The smallest absolute Gasteiger partial charge is 0.328 e. The van der Waals surface area contributed by atoms with Crippen molar-refractivity contribution in [2.75, 3.05) is 0 Å². The van der Waals surface area contributed by atoms with Gasteiger partial charge in [0.25, 0.3) is 5.56 Å². The van der Waals surface area contributed by atoms with Gasteiger partial charge < -0.3 is 5.11 Å². The van der Waals surface area contributed by atoms with E-state index < -0.39 is 5.97 Å². The van der Waals surface area contributed by atoms with E-state index in [9.17, 15) is 9.59 Å². The number of benzene rings is 1. The normalized spacial score (nSPS) is 10.8. The zero-order chi connectivity index (χ0) is 14.5. The van der Waals surface area contributed by atoms with Gasteiger partial charge in [0.05, 0.1) is 12.7 Å². The Morgan fingerprint density at radius 3 is 2.90 bits per heavy atom. The van der Waals surface area contributed by atoms with Gasteiger partial charge in [-0.05, 0) is 35.8 Å². The Kier molecular flexibility index (Phi) is 4.10. The minimum atomic E-state index is -0.994. The molecule has 0 fully saturated rings. The first kappa shape index (κ1) is 13.7. The number of carboxylic acid groups (broad SMARTS) is 1. The summed E-state index contributed by atoms with van der Waals surface area (Å²) in [5, 5.41) is 12.7. The fourth-order valence-electron chi connectivity index (χ4n) is 1.78. The van der Waals surface area contributed by atoms with E-state index in [2.05, 4.69) is 5.10 Å². The second-order valence-corrected chi connectivity index (χ2v) is 4.45. The summed E-state index contributed by atoms with van der Waals surface area (Å²) in [5.41, 5.74) is 2.32. The minimum absolute atomic E-state index is 0.156. The van der Waals surface area contributed by atoms with Crippen LogP contribution in [0.4, 0.5) is 0 Å². The fraction of sp³-hybridized carbons (Fsp3) is 0.133. The van der Waals surface area contributed by atoms with Gasteiger partial charge in [0.1, 0.15) is 0 Å². The van der Waals surface area contributed by atoms with E-state index in [1.54, 1.807) is 12.3 Å². The molecule has 1 heterocycles. The third-order valence-electron chi connectivity index (χ3n) is 2.71. The van der Waals surface area contributed by atoms with E-state index in [1.165, 1.54) is 16.8 Å². The topological polar surface area (TPSA) is 72.2 Å². The molecule has 0 radical (unpaired) electrons. The maximum absolute atomic E-state index is 11.8. The molecule has 2 rings (SSSR count). The van der Waals surface area contributed by atoms with Crippen molar-refractivity contribution in [3.63, 3.8) is 0 Å². The van der Waals surface area contributed by atoms with Crippen LogP contribution in [0.25, 0.3) is 6.08 Å². The van der Waals surface area contributed by atoms with Crippen molar-refractivity contribution < 1.29 is 9.90 Å². The Labute approximate surface area is 115 Å². The van der Waals surface area contributed by atoms with Gasteiger partial charge in [-0.25, -0.2) is 9.48 Å². The van der Waals surface area contributed by atoms with Crippen molar-refractivity contribution in [2.45, 2.75) is 13.5 Å². The van der Waals surface area contributed by atoms with E-state index in [1.807, 2.05) is 25.1 Å². The Balaban J connectivity index is 2.23. The average Bonchev–Trinajstić information content (AvgIpc) is 2.40. The molecule has 0 saturated heterocycles. The first-order valence-electron chi connectivity index (χ1n) is 6.08. The van der Waals surface area contributed by atoms with Crippen LogP contribution in [0.3, 0.4) is 0 Å². The van der Waals surface area contributed by atoms with Crippen molar-refractivity contribution in [2.24, 2.45) is 0 Å². The second kappa shape index (κ2) is 5.97. The second-order valence-electron chi connectivity index (χ2n) is 4.45. The van der Waals surface area contributed by atoms with Crippen LogP contribution in [-0.2, 0) is 11.3 Å². The summed E-state index contributed by atoms with van der Waals surface area (Å²) in [5.74, 6) is -0.994. The fourth-order valence-corrected chi connectivity index (χ4v) is 1.78. The number of carboxylic acids is 1. The number of hydrogen-bond acceptors (Lipinski definition) is 3. The van der Waals surface area contributed by atoms with Crippen LogP contribution >= 0.6 is 0 Å². The number of aryl methyl sites for hydroxylation is 1. The Morgan fingerprint density at radius 2 is 2.20 bits per heavy atom. The summed E-state index contributed by atoms with van der Waals surface area (Å²) in [6.45, 7) is 2.17. The van der Waals surface area contributed by atoms with Crippen LogP contribution in [-0.4, -0.2) is 20.9 Å². The van der Waals surface area contributed by atoms with E-state index in [4.69, 9.17) is 5.11 Å². The molecule has 0 amide bonds. The van der Waals surface area contributed by atoms with Crippen LogP contribution in [0.2, 0.25) is 0 Å². The summed E-state index contributed by atoms with van der Waals surface area (Å²) >= 11 is 0. The molecular formula is C15H14N2O3. The molecule has 1 aromatic carbocycles. The van der Waals surface area contributed by atoms with E-state index in [0.29, 0.717) is 6.54 Å². The molecular weight excluding hydrogens is 256 g/mol. The third-order valence-corrected chi connectivity index (χ3v) is 2.71. The first-order valence-corrected chi connectivity index (χ1v) is 6.08. The number of nitrogens with zero attached hydrogens (tertiary/aromatic N) is 2. The molecule has 0 atom stereocenters. The van der Waals surface area contributed by atoms with Gasteiger partial charge in [-0.3, -0.25) is 4.79 Å². The number of rotatable bonds is 4. The number of aromatic nitrogens is 2. The molecule has 0 aliphatic carbocycles. The van der Waals surface area contributed by atoms with Crippen LogP contribution in [0.15, 0.2) is 47.4 Å². The van der Waals surface area contributed by atoms with Crippen molar-refractivity contribution in [1.29, 1.82) is 0 Å². The maximum Gasteiger partial charge on any atom is 0.328 e. The average molecular weight is 270 g/mol. The summed E-state index contributed by atoms with van der Waals surface area (Å²) in [7, 11) is 0. The summed E-state index contributed by atoms with van der Waals surface area (Å²) in [4.78, 5) is 22.2. The number of aliphatic carboxylic acids is 1. The van der Waals surface area contributed by atoms with Gasteiger partial charge in [0.2, 0.25) is 0 Å². The Hall–Kier alpha value is -2.69.